The SMILES string of the molecule is COc1cc(Nc2ncc3c(n2)-c2ccc(C)cc2NC(=O)C3)ccc1C. The minimum atomic E-state index is -0.0619. The quantitative estimate of drug-likeness (QED) is 0.738. The Hall–Kier alpha value is -3.41. The van der Waals surface area contributed by atoms with Gasteiger partial charge in [0.05, 0.1) is 24.9 Å². The number of aromatic nitrogens is 2. The summed E-state index contributed by atoms with van der Waals surface area (Å²) in [7, 11) is 1.65. The number of aryl methyl sites for hydroxylation is 2. The van der Waals surface area contributed by atoms with Crippen LogP contribution in [0.1, 0.15) is 16.7 Å². The Balaban J connectivity index is 1.75. The topological polar surface area (TPSA) is 76.1 Å². The molecule has 1 aliphatic rings. The highest BCUT2D eigenvalue weighted by Crippen LogP contribution is 2.34. The van der Waals surface area contributed by atoms with Crippen LogP contribution in [-0.4, -0.2) is 23.0 Å². The van der Waals surface area contributed by atoms with Gasteiger partial charge in [-0.25, -0.2) is 9.97 Å². The van der Waals surface area contributed by atoms with Crippen LogP contribution in [0.2, 0.25) is 0 Å². The number of carbonyl (C=O) groups excluding carboxylic acids is 1. The first-order valence-corrected chi connectivity index (χ1v) is 8.72. The van der Waals surface area contributed by atoms with Gasteiger partial charge in [0.1, 0.15) is 5.75 Å². The molecule has 2 aromatic carbocycles. The van der Waals surface area contributed by atoms with Crippen LogP contribution in [0, 0.1) is 13.8 Å². The van der Waals surface area contributed by atoms with Crippen molar-refractivity contribution < 1.29 is 9.53 Å². The molecular formula is C21H20N4O2. The maximum Gasteiger partial charge on any atom is 0.228 e. The van der Waals surface area contributed by atoms with Crippen LogP contribution in [0.3, 0.4) is 0 Å². The molecule has 6 heteroatoms. The maximum absolute atomic E-state index is 12.2. The molecule has 1 aliphatic heterocycles. The van der Waals surface area contributed by atoms with Gasteiger partial charge in [-0.05, 0) is 37.1 Å². The van der Waals surface area contributed by atoms with Crippen molar-refractivity contribution in [2.24, 2.45) is 0 Å². The first kappa shape index (κ1) is 17.0. The molecule has 6 nitrogen and oxygen atoms in total. The zero-order valence-electron chi connectivity index (χ0n) is 15.5. The maximum atomic E-state index is 12.2. The highest BCUT2D eigenvalue weighted by molar-refractivity contribution is 6.00. The summed E-state index contributed by atoms with van der Waals surface area (Å²) in [5.74, 6) is 1.21. The van der Waals surface area contributed by atoms with Crippen molar-refractivity contribution in [1.29, 1.82) is 0 Å². The Bertz CT molecular complexity index is 1050. The monoisotopic (exact) mass is 360 g/mol. The summed E-state index contributed by atoms with van der Waals surface area (Å²) in [6.07, 6.45) is 1.96. The second kappa shape index (κ2) is 6.72. The number of nitrogens with one attached hydrogen (secondary N) is 2. The first-order chi connectivity index (χ1) is 13.0. The van der Waals surface area contributed by atoms with Gasteiger partial charge in [-0.15, -0.1) is 0 Å². The molecule has 136 valence electrons. The predicted octanol–water partition coefficient (Wildman–Crippen LogP) is 4.01. The lowest BCUT2D eigenvalue weighted by molar-refractivity contribution is -0.115. The molecule has 0 radical (unpaired) electrons. The van der Waals surface area contributed by atoms with Gasteiger partial charge in [-0.1, -0.05) is 18.2 Å². The van der Waals surface area contributed by atoms with Crippen LogP contribution in [-0.2, 0) is 11.2 Å². The molecule has 2 heterocycles. The highest BCUT2D eigenvalue weighted by atomic mass is 16.5. The fourth-order valence-electron chi connectivity index (χ4n) is 3.19. The van der Waals surface area contributed by atoms with E-state index in [1.807, 2.05) is 50.2 Å². The number of nitrogens with zero attached hydrogens (tertiary/aromatic N) is 2. The zero-order chi connectivity index (χ0) is 19.0. The van der Waals surface area contributed by atoms with Crippen molar-refractivity contribution in [2.75, 3.05) is 17.7 Å². The van der Waals surface area contributed by atoms with Crippen LogP contribution in [0.5, 0.6) is 5.75 Å². The molecule has 3 aromatic rings. The number of benzene rings is 2. The van der Waals surface area contributed by atoms with Gasteiger partial charge in [-0.2, -0.15) is 0 Å². The van der Waals surface area contributed by atoms with Crippen molar-refractivity contribution in [1.82, 2.24) is 9.97 Å². The van der Waals surface area contributed by atoms with E-state index in [-0.39, 0.29) is 12.3 Å². The molecule has 0 saturated heterocycles. The van der Waals surface area contributed by atoms with Gasteiger partial charge in [0, 0.05) is 29.1 Å². The van der Waals surface area contributed by atoms with Crippen LogP contribution in [0.25, 0.3) is 11.3 Å². The summed E-state index contributed by atoms with van der Waals surface area (Å²) in [6.45, 7) is 3.99. The smallest absolute Gasteiger partial charge is 0.228 e. The Morgan fingerprint density at radius 3 is 2.81 bits per heavy atom. The van der Waals surface area contributed by atoms with Crippen LogP contribution >= 0.6 is 0 Å². The number of amides is 1. The minimum Gasteiger partial charge on any atom is -0.496 e. The van der Waals surface area contributed by atoms with Gasteiger partial charge in [0.2, 0.25) is 11.9 Å². The Morgan fingerprint density at radius 1 is 1.15 bits per heavy atom. The Labute approximate surface area is 157 Å². The number of hydrogen-bond acceptors (Lipinski definition) is 5. The van der Waals surface area contributed by atoms with Crippen molar-refractivity contribution in [3.63, 3.8) is 0 Å². The summed E-state index contributed by atoms with van der Waals surface area (Å²) in [6, 6.07) is 11.8. The number of carbonyl (C=O) groups is 1. The number of anilines is 3. The number of rotatable bonds is 3. The number of hydrogen-bond donors (Lipinski definition) is 2. The van der Waals surface area contributed by atoms with Crippen molar-refractivity contribution in [3.8, 4) is 17.0 Å². The molecular weight excluding hydrogens is 340 g/mol. The Morgan fingerprint density at radius 2 is 2.00 bits per heavy atom. The van der Waals surface area contributed by atoms with E-state index >= 15 is 0 Å². The van der Waals surface area contributed by atoms with Gasteiger partial charge < -0.3 is 15.4 Å². The van der Waals surface area contributed by atoms with E-state index < -0.39 is 0 Å². The molecule has 0 fully saturated rings. The molecule has 4 rings (SSSR count). The van der Waals surface area contributed by atoms with E-state index in [4.69, 9.17) is 9.72 Å². The Kier molecular flexibility index (Phi) is 4.24. The second-order valence-corrected chi connectivity index (χ2v) is 6.65. The largest absolute Gasteiger partial charge is 0.496 e. The third kappa shape index (κ3) is 3.33. The zero-order valence-corrected chi connectivity index (χ0v) is 15.5. The highest BCUT2D eigenvalue weighted by Gasteiger charge is 2.21. The molecule has 27 heavy (non-hydrogen) atoms. The van der Waals surface area contributed by atoms with Gasteiger partial charge in [0.15, 0.2) is 0 Å². The van der Waals surface area contributed by atoms with E-state index in [1.165, 1.54) is 0 Å². The molecule has 0 bridgehead atoms. The summed E-state index contributed by atoms with van der Waals surface area (Å²) >= 11 is 0. The minimum absolute atomic E-state index is 0.0619. The van der Waals surface area contributed by atoms with E-state index in [0.29, 0.717) is 5.95 Å². The molecule has 1 aromatic heterocycles. The third-order valence-electron chi connectivity index (χ3n) is 4.58. The summed E-state index contributed by atoms with van der Waals surface area (Å²) in [5, 5.41) is 6.18. The van der Waals surface area contributed by atoms with Crippen molar-refractivity contribution >= 4 is 23.2 Å². The van der Waals surface area contributed by atoms with E-state index in [0.717, 1.165) is 45.1 Å². The molecule has 1 amide bonds. The molecule has 0 aliphatic carbocycles. The van der Waals surface area contributed by atoms with Crippen molar-refractivity contribution in [2.45, 2.75) is 20.3 Å². The van der Waals surface area contributed by atoms with Gasteiger partial charge >= 0.3 is 0 Å². The van der Waals surface area contributed by atoms with Crippen LogP contribution in [0.4, 0.5) is 17.3 Å². The van der Waals surface area contributed by atoms with Crippen LogP contribution < -0.4 is 15.4 Å². The fraction of sp³-hybridized carbons (Fsp3) is 0.190. The summed E-state index contributed by atoms with van der Waals surface area (Å²) in [4.78, 5) is 21.3. The molecule has 0 unspecified atom stereocenters. The van der Waals surface area contributed by atoms with E-state index in [2.05, 4.69) is 15.6 Å². The fourth-order valence-corrected chi connectivity index (χ4v) is 3.19. The van der Waals surface area contributed by atoms with E-state index in [9.17, 15) is 4.79 Å². The average molecular weight is 360 g/mol. The lowest BCUT2D eigenvalue weighted by atomic mass is 10.0. The van der Waals surface area contributed by atoms with Crippen molar-refractivity contribution in [3.05, 3.63) is 59.3 Å². The first-order valence-electron chi connectivity index (χ1n) is 8.72. The number of methoxy groups -OCH3 is 1. The molecule has 0 atom stereocenters. The molecule has 0 saturated carbocycles. The molecule has 2 N–H and O–H groups in total. The summed E-state index contributed by atoms with van der Waals surface area (Å²) < 4.78 is 5.37. The lowest BCUT2D eigenvalue weighted by Gasteiger charge is -2.12. The number of ether oxygens (including phenoxy) is 1. The van der Waals surface area contributed by atoms with Crippen LogP contribution in [0.15, 0.2) is 42.6 Å². The average Bonchev–Trinajstić information content (AvgIpc) is 2.78. The predicted molar refractivity (Wildman–Crippen MR) is 106 cm³/mol. The standard InChI is InChI=1S/C21H20N4O2/c1-12-4-7-16-17(8-12)24-19(26)9-14-11-22-21(25-20(14)16)23-15-6-5-13(2)18(10-15)27-3/h4-8,10-11H,9H2,1-3H3,(H,24,26)(H,22,23,25). The van der Waals surface area contributed by atoms with E-state index in [1.54, 1.807) is 13.3 Å². The third-order valence-corrected chi connectivity index (χ3v) is 4.58. The normalized spacial score (nSPS) is 12.5. The van der Waals surface area contributed by atoms with Gasteiger partial charge in [0.25, 0.3) is 0 Å². The lowest BCUT2D eigenvalue weighted by Crippen LogP contribution is -2.12. The summed E-state index contributed by atoms with van der Waals surface area (Å²) in [5.41, 5.74) is 6.22. The number of fused-ring (bicyclic) bond motifs is 3. The van der Waals surface area contributed by atoms with Gasteiger partial charge in [-0.3, -0.25) is 4.79 Å². The molecule has 0 spiro atoms. The second-order valence-electron chi connectivity index (χ2n) is 6.65.